The monoisotopic (exact) mass is 473 g/mol. The van der Waals surface area contributed by atoms with Crippen LogP contribution in [-0.4, -0.2) is 57.0 Å². The van der Waals surface area contributed by atoms with E-state index in [1.807, 2.05) is 5.09 Å². The Morgan fingerprint density at radius 2 is 2.00 bits per heavy atom. The minimum absolute atomic E-state index is 0.0517. The molecule has 4 N–H and O–H groups in total. The number of rotatable bonds is 9. The van der Waals surface area contributed by atoms with Crippen molar-refractivity contribution < 1.29 is 32.9 Å². The molecule has 2 rings (SSSR count). The average Bonchev–Trinajstić information content (AvgIpc) is 2.90. The normalized spacial score (nSPS) is 27.3. The lowest BCUT2D eigenvalue weighted by Gasteiger charge is -2.27. The standard InChI is InChI=1S/C14H25N3O9P2S/c1-8(2)27(20,29)26-11-9(4-6-15-28(21,22)23)25-13(12(11)24-3)17-7-5-10(18)16-14(17)19/h5,7-9,11-13H,4,6H2,1-3H3,(H,20,29)(H,16,18,19)(H3,15,21,22,23)/t9-,11+,12+,13-,27?/m1/s1. The molecule has 0 aromatic carbocycles. The first kappa shape index (κ1) is 24.5. The van der Waals surface area contributed by atoms with E-state index in [0.717, 1.165) is 10.6 Å². The topological polar surface area (TPSA) is 169 Å². The van der Waals surface area contributed by atoms with Crippen molar-refractivity contribution in [2.24, 2.45) is 0 Å². The highest BCUT2D eigenvalue weighted by atomic mass is 32.7. The molecule has 29 heavy (non-hydrogen) atoms. The molecule has 0 amide bonds. The molecule has 1 aromatic heterocycles. The quantitative estimate of drug-likeness (QED) is 0.251. The van der Waals surface area contributed by atoms with Gasteiger partial charge in [-0.05, 0) is 6.42 Å². The first-order valence-corrected chi connectivity index (χ1v) is 13.1. The van der Waals surface area contributed by atoms with Crippen LogP contribution in [-0.2, 0) is 23.1 Å². The van der Waals surface area contributed by atoms with Crippen molar-refractivity contribution in [2.45, 2.75) is 50.5 Å². The van der Waals surface area contributed by atoms with Gasteiger partial charge in [0, 0.05) is 31.6 Å². The van der Waals surface area contributed by atoms with Gasteiger partial charge in [0.05, 0.1) is 6.10 Å². The summed E-state index contributed by atoms with van der Waals surface area (Å²) in [5.41, 5.74) is -1.75. The lowest BCUT2D eigenvalue weighted by Crippen LogP contribution is -2.39. The summed E-state index contributed by atoms with van der Waals surface area (Å²) in [5.74, 6) is 0. The summed E-state index contributed by atoms with van der Waals surface area (Å²) in [4.78, 5) is 43.6. The Kier molecular flexibility index (Phi) is 8.11. The third kappa shape index (κ3) is 6.36. The van der Waals surface area contributed by atoms with E-state index in [-0.39, 0.29) is 13.0 Å². The Balaban J connectivity index is 2.35. The first-order valence-electron chi connectivity index (χ1n) is 8.67. The average molecular weight is 473 g/mol. The van der Waals surface area contributed by atoms with E-state index >= 15 is 0 Å². The summed E-state index contributed by atoms with van der Waals surface area (Å²) in [5, 5.41) is 2.05. The molecule has 0 aliphatic carbocycles. The van der Waals surface area contributed by atoms with E-state index in [0.29, 0.717) is 0 Å². The van der Waals surface area contributed by atoms with E-state index < -0.39 is 55.8 Å². The maximum Gasteiger partial charge on any atom is 0.400 e. The summed E-state index contributed by atoms with van der Waals surface area (Å²) in [6, 6.07) is 1.13. The van der Waals surface area contributed by atoms with Gasteiger partial charge >= 0.3 is 13.4 Å². The highest BCUT2D eigenvalue weighted by Gasteiger charge is 2.49. The Labute approximate surface area is 171 Å². The number of aromatic nitrogens is 2. The predicted molar refractivity (Wildman–Crippen MR) is 107 cm³/mol. The van der Waals surface area contributed by atoms with Gasteiger partial charge in [0.15, 0.2) is 6.23 Å². The second-order valence-electron chi connectivity index (χ2n) is 6.75. The maximum absolute atomic E-state index is 12.7. The number of methoxy groups -OCH3 is 1. The summed E-state index contributed by atoms with van der Waals surface area (Å²) >= 11 is 4.13. The molecular formula is C14H25N3O9P2S. The third-order valence-electron chi connectivity index (χ3n) is 4.35. The Morgan fingerprint density at radius 1 is 1.34 bits per heavy atom. The van der Waals surface area contributed by atoms with Crippen LogP contribution in [0.1, 0.15) is 26.5 Å². The van der Waals surface area contributed by atoms with Gasteiger partial charge in [-0.3, -0.25) is 18.9 Å². The molecule has 1 saturated heterocycles. The zero-order chi connectivity index (χ0) is 22.0. The minimum atomic E-state index is -4.45. The van der Waals surface area contributed by atoms with Crippen LogP contribution in [0.3, 0.4) is 0 Å². The Hall–Kier alpha value is -0.750. The minimum Gasteiger partial charge on any atom is -0.374 e. The largest absolute Gasteiger partial charge is 0.400 e. The Bertz CT molecular complexity index is 914. The fourth-order valence-electron chi connectivity index (χ4n) is 2.82. The van der Waals surface area contributed by atoms with Gasteiger partial charge in [-0.15, -0.1) is 0 Å². The molecule has 5 atom stereocenters. The van der Waals surface area contributed by atoms with Gasteiger partial charge in [-0.1, -0.05) is 26.1 Å². The molecule has 1 aromatic rings. The van der Waals surface area contributed by atoms with E-state index in [4.69, 9.17) is 23.8 Å². The second-order valence-corrected chi connectivity index (χ2v) is 12.2. The Morgan fingerprint density at radius 3 is 2.52 bits per heavy atom. The molecule has 1 unspecified atom stereocenters. The van der Waals surface area contributed by atoms with E-state index in [9.17, 15) is 18.7 Å². The number of aromatic amines is 1. The van der Waals surface area contributed by atoms with Crippen LogP contribution in [0.5, 0.6) is 0 Å². The van der Waals surface area contributed by atoms with Crippen molar-refractivity contribution in [1.82, 2.24) is 14.6 Å². The number of hydrogen-bond donors (Lipinski definition) is 5. The molecule has 166 valence electrons. The predicted octanol–water partition coefficient (Wildman–Crippen LogP) is 0.438. The molecule has 2 heterocycles. The molecule has 0 bridgehead atoms. The van der Waals surface area contributed by atoms with Gasteiger partial charge < -0.3 is 23.8 Å². The molecule has 0 saturated carbocycles. The fourth-order valence-corrected chi connectivity index (χ4v) is 4.41. The molecule has 1 fully saturated rings. The number of nitrogens with one attached hydrogen (secondary N) is 2. The molecular weight excluding hydrogens is 448 g/mol. The van der Waals surface area contributed by atoms with E-state index in [1.54, 1.807) is 13.8 Å². The van der Waals surface area contributed by atoms with Crippen molar-refractivity contribution in [3.8, 4) is 0 Å². The van der Waals surface area contributed by atoms with Crippen LogP contribution >= 0.6 is 26.6 Å². The molecule has 1 aliphatic heterocycles. The van der Waals surface area contributed by atoms with Crippen LogP contribution in [0, 0.1) is 0 Å². The lowest BCUT2D eigenvalue weighted by atomic mass is 10.1. The number of H-pyrrole nitrogens is 1. The van der Waals surface area contributed by atoms with E-state index in [2.05, 4.69) is 17.2 Å². The molecule has 1 aliphatic rings. The highest BCUT2D eigenvalue weighted by Crippen LogP contribution is 2.59. The molecule has 0 radical (unpaired) electrons. The van der Waals surface area contributed by atoms with Crippen molar-refractivity contribution in [3.05, 3.63) is 33.1 Å². The number of nitrogens with zero attached hydrogens (tertiary/aromatic N) is 1. The third-order valence-corrected chi connectivity index (χ3v) is 8.51. The summed E-state index contributed by atoms with van der Waals surface area (Å²) in [6.07, 6.45) is -2.44. The van der Waals surface area contributed by atoms with Crippen LogP contribution in [0.2, 0.25) is 0 Å². The smallest absolute Gasteiger partial charge is 0.374 e. The SMILES string of the molecule is CO[C@H]1[C@@H](OP(=O)(S)C(C)C)[C@@H](CCNP(=O)(O)O)O[C@H]1n1ccc(=O)[nH]c1=O. The van der Waals surface area contributed by atoms with Crippen molar-refractivity contribution in [3.63, 3.8) is 0 Å². The first-order chi connectivity index (χ1) is 13.4. The van der Waals surface area contributed by atoms with Crippen molar-refractivity contribution in [1.29, 1.82) is 0 Å². The zero-order valence-electron chi connectivity index (χ0n) is 16.0. The van der Waals surface area contributed by atoms with Crippen LogP contribution in [0.4, 0.5) is 0 Å². The van der Waals surface area contributed by atoms with E-state index in [1.165, 1.54) is 13.3 Å². The zero-order valence-corrected chi connectivity index (χ0v) is 18.7. The van der Waals surface area contributed by atoms with Gasteiger partial charge in [-0.25, -0.2) is 14.4 Å². The van der Waals surface area contributed by atoms with Crippen molar-refractivity contribution in [2.75, 3.05) is 13.7 Å². The second kappa shape index (κ2) is 9.59. The maximum atomic E-state index is 12.7. The van der Waals surface area contributed by atoms with Crippen molar-refractivity contribution >= 4 is 26.6 Å². The summed E-state index contributed by atoms with van der Waals surface area (Å²) < 4.78 is 41.9. The van der Waals surface area contributed by atoms with Crippen LogP contribution in [0.15, 0.2) is 21.9 Å². The number of thiol groups is 1. The van der Waals surface area contributed by atoms with Gasteiger partial charge in [0.1, 0.15) is 12.2 Å². The lowest BCUT2D eigenvalue weighted by molar-refractivity contribution is -0.0542. The number of hydrogen-bond acceptors (Lipinski definition) is 7. The molecule has 15 heteroatoms. The molecule has 0 spiro atoms. The van der Waals surface area contributed by atoms with Gasteiger partial charge in [0.2, 0.25) is 0 Å². The summed E-state index contributed by atoms with van der Waals surface area (Å²) in [7, 11) is -3.10. The van der Waals surface area contributed by atoms with Gasteiger partial charge in [0.25, 0.3) is 12.1 Å². The molecule has 12 nitrogen and oxygen atoms in total. The van der Waals surface area contributed by atoms with Gasteiger partial charge in [-0.2, -0.15) is 0 Å². The summed E-state index contributed by atoms with van der Waals surface area (Å²) in [6.45, 7) is -0.198. The highest BCUT2D eigenvalue weighted by molar-refractivity contribution is 8.46. The fraction of sp³-hybridized carbons (Fsp3) is 0.714. The van der Waals surface area contributed by atoms with Crippen LogP contribution in [0.25, 0.3) is 0 Å². The van der Waals surface area contributed by atoms with Crippen LogP contribution < -0.4 is 16.3 Å². The number of ether oxygens (including phenoxy) is 2.